The molecule has 1 amide bonds. The molecule has 0 aromatic carbocycles. The van der Waals surface area contributed by atoms with Gasteiger partial charge in [0.1, 0.15) is 0 Å². The van der Waals surface area contributed by atoms with Crippen LogP contribution < -0.4 is 11.1 Å². The van der Waals surface area contributed by atoms with Gasteiger partial charge in [-0.05, 0) is 63.4 Å². The first kappa shape index (κ1) is 62.2. The monoisotopic (exact) mass is 754 g/mol. The molecule has 0 spiro atoms. The summed E-state index contributed by atoms with van der Waals surface area (Å²) in [5, 5.41) is 10.9. The number of amides is 1. The Morgan fingerprint density at radius 3 is 1.33 bits per heavy atom. The zero-order chi connectivity index (χ0) is 35.4. The molecule has 0 heterocycles. The molecule has 0 radical (unpaired) electrons. The number of hydrogen-bond acceptors (Lipinski definition) is 7. The van der Waals surface area contributed by atoms with Crippen LogP contribution >= 0.6 is 41.2 Å². The Bertz CT molecular complexity index is 502. The number of carbonyl (C=O) groups is 2. The van der Waals surface area contributed by atoms with Crippen molar-refractivity contribution in [1.29, 1.82) is 0 Å². The Kier molecular flexibility index (Phi) is 96.3. The summed E-state index contributed by atoms with van der Waals surface area (Å²) in [4.78, 5) is 20.9. The fourth-order valence-corrected chi connectivity index (χ4v) is 1.78. The average Bonchev–Trinajstić information content (AvgIpc) is 2.85. The first-order valence-electron chi connectivity index (χ1n) is 14.0. The van der Waals surface area contributed by atoms with E-state index >= 15 is 0 Å². The summed E-state index contributed by atoms with van der Waals surface area (Å²) in [5.41, 5.74) is 5.23. The number of carboxylic acids is 1. The van der Waals surface area contributed by atoms with Gasteiger partial charge in [0.05, 0.1) is 7.11 Å². The summed E-state index contributed by atoms with van der Waals surface area (Å²) in [6.07, 6.45) is 10.1. The second-order valence-electron chi connectivity index (χ2n) is 9.08. The number of nitrogens with two attached hydrogens (primary N) is 1. The van der Waals surface area contributed by atoms with Crippen molar-refractivity contribution in [2.24, 2.45) is 17.6 Å². The molecule has 4 N–H and O–H groups in total. The first-order chi connectivity index (χ1) is 19.5. The molecule has 1 unspecified atom stereocenters. The molecule has 0 saturated carbocycles. The number of carbonyl (C=O) groups excluding carboxylic acids is 1. The zero-order valence-electron chi connectivity index (χ0n) is 30.0. The third kappa shape index (κ3) is 163. The van der Waals surface area contributed by atoms with Crippen LogP contribution in [0.15, 0.2) is 0 Å². The summed E-state index contributed by atoms with van der Waals surface area (Å²) >= 11 is 7.71. The van der Waals surface area contributed by atoms with Crippen molar-refractivity contribution in [1.82, 2.24) is 5.32 Å². The van der Waals surface area contributed by atoms with Crippen molar-refractivity contribution in [2.75, 3.05) is 66.1 Å². The molecule has 0 aromatic rings. The molecule has 0 aliphatic heterocycles. The summed E-state index contributed by atoms with van der Waals surface area (Å²) < 4.78 is 11.0. The van der Waals surface area contributed by atoms with E-state index in [9.17, 15) is 9.59 Å². The van der Waals surface area contributed by atoms with Gasteiger partial charge in [-0.1, -0.05) is 34.1 Å². The molecule has 0 fully saturated rings. The molecular formula is C29H70N2O5P2S2V2. The maximum atomic E-state index is 11.1. The van der Waals surface area contributed by atoms with Crippen LogP contribution in [0.25, 0.3) is 0 Å². The molecule has 0 aromatic heterocycles. The van der Waals surface area contributed by atoms with Crippen molar-refractivity contribution in [3.63, 3.8) is 0 Å². The summed E-state index contributed by atoms with van der Waals surface area (Å²) in [7, 11) is 5.06. The number of rotatable bonds is 11. The zero-order valence-corrected chi connectivity index (χ0v) is 36.4. The van der Waals surface area contributed by atoms with Gasteiger partial charge in [0.15, 0.2) is 0 Å². The van der Waals surface area contributed by atoms with Crippen LogP contribution in [0.3, 0.4) is 0 Å². The fraction of sp³-hybridized carbons (Fsp3) is 0.862. The van der Waals surface area contributed by atoms with E-state index in [0.717, 1.165) is 48.9 Å². The van der Waals surface area contributed by atoms with Gasteiger partial charge in [0.2, 0.25) is 0 Å². The van der Waals surface area contributed by atoms with Crippen LogP contribution in [0.4, 0.5) is 0 Å². The average molecular weight is 755 g/mol. The van der Waals surface area contributed by atoms with E-state index in [4.69, 9.17) is 10.8 Å². The van der Waals surface area contributed by atoms with Crippen LogP contribution in [-0.2, 0) is 52.3 Å². The summed E-state index contributed by atoms with van der Waals surface area (Å²) in [6.45, 7) is 24.5. The molecule has 0 bridgehead atoms. The van der Waals surface area contributed by atoms with E-state index in [-0.39, 0.29) is 12.3 Å². The van der Waals surface area contributed by atoms with Gasteiger partial charge in [-0.25, -0.2) is 0 Å². The number of aliphatic carboxylic acids is 1. The molecule has 7 nitrogen and oxygen atoms in total. The Morgan fingerprint density at radius 2 is 1.21 bits per heavy atom. The summed E-state index contributed by atoms with van der Waals surface area (Å²) in [5.74, 6) is 0.801. The van der Waals surface area contributed by atoms with Crippen molar-refractivity contribution in [3.05, 3.63) is 0 Å². The van der Waals surface area contributed by atoms with Crippen LogP contribution in [0.5, 0.6) is 0 Å². The third-order valence-corrected chi connectivity index (χ3v) is 4.22. The van der Waals surface area contributed by atoms with E-state index in [1.54, 1.807) is 32.9 Å². The van der Waals surface area contributed by atoms with E-state index in [1.807, 2.05) is 32.4 Å². The quantitative estimate of drug-likeness (QED) is 0.147. The van der Waals surface area contributed by atoms with E-state index in [1.165, 1.54) is 18.5 Å². The van der Waals surface area contributed by atoms with E-state index in [0.29, 0.717) is 21.1 Å². The van der Waals surface area contributed by atoms with Gasteiger partial charge in [0.25, 0.3) is 0 Å². The second kappa shape index (κ2) is 65.1. The van der Waals surface area contributed by atoms with Gasteiger partial charge >= 0.3 is 134 Å². The van der Waals surface area contributed by atoms with Crippen molar-refractivity contribution in [3.8, 4) is 0 Å². The normalized spacial score (nSPS) is 8.60. The van der Waals surface area contributed by atoms with Gasteiger partial charge in [-0.3, -0.25) is 0 Å². The van der Waals surface area contributed by atoms with E-state index in [2.05, 4.69) is 103 Å². The second-order valence-corrected chi connectivity index (χ2v) is 14.8. The van der Waals surface area contributed by atoms with Crippen LogP contribution in [-0.4, -0.2) is 91.5 Å². The topological polar surface area (TPSA) is 111 Å². The minimum absolute atomic E-state index is 0.133. The Morgan fingerprint density at radius 1 is 0.905 bits per heavy atom. The van der Waals surface area contributed by atoms with E-state index < -0.39 is 5.97 Å². The third-order valence-electron chi connectivity index (χ3n) is 2.98. The molecule has 42 heavy (non-hydrogen) atoms. The minimum atomic E-state index is -0.766. The molecular weight excluding hydrogens is 684 g/mol. The van der Waals surface area contributed by atoms with Crippen molar-refractivity contribution < 1.29 is 57.4 Å². The molecule has 13 heteroatoms. The number of nitrogens with one attached hydrogen (secondary N) is 1. The Hall–Kier alpha value is 1.29. The Balaban J connectivity index is -0.0000000560. The predicted molar refractivity (Wildman–Crippen MR) is 197 cm³/mol. The molecule has 258 valence electrons. The molecule has 0 saturated heterocycles. The van der Waals surface area contributed by atoms with Crippen molar-refractivity contribution >= 4 is 61.5 Å². The fourth-order valence-electron chi connectivity index (χ4n) is 1.35. The van der Waals surface area contributed by atoms with Gasteiger partial charge < -0.3 is 14.4 Å². The number of carboxylic acid groups (broad SMARTS) is 1. The summed E-state index contributed by atoms with van der Waals surface area (Å²) in [6, 6.07) is 0. The molecule has 1 atom stereocenters. The molecule has 0 aliphatic rings. The Labute approximate surface area is 293 Å². The van der Waals surface area contributed by atoms with Crippen LogP contribution in [0.2, 0.25) is 0 Å². The van der Waals surface area contributed by atoms with Crippen molar-refractivity contribution in [2.45, 2.75) is 87.5 Å². The number of thioether (sulfide) groups is 1. The van der Waals surface area contributed by atoms with Gasteiger partial charge in [-0.15, -0.1) is 8.58 Å². The predicted octanol–water partition coefficient (Wildman–Crippen LogP) is 7.56. The standard InChI is InChI=1S/C9H17NO.C5H13N.C4H6O2.C3H8.C2H7OP.C2H6OS.C2H7P.C2H6S.2V/c1-4-5-9(11)10-7-6-8(2)3;1-5(2)3-4-6;1-2-3-4(5)6;1-3-2;2*1-3-4-2;2*1-3-2;;/h8H,5-7H2,1-3H3,(H,10,11);5H,3-4,6H2,1-2H3;3H2,1H3,(H,5,6);3H2,1-2H3;4H,1-2H3;1-2H3;3H,1-2H3;1-2H3;;. The van der Waals surface area contributed by atoms with Gasteiger partial charge in [-0.2, -0.15) is 11.8 Å². The maximum absolute atomic E-state index is 11.1. The SMILES string of the molecule is CC(C)CCN.CCC.COPC.COSC.CPC.CSC.C[C](=[V])CC(=O)NCCC(C)C.C[C](=[V])CC(=O)O. The molecule has 0 rings (SSSR count). The molecule has 0 aliphatic carbocycles. The van der Waals surface area contributed by atoms with Crippen LogP contribution in [0, 0.1) is 11.8 Å². The number of hydrogen-bond donors (Lipinski definition) is 3. The van der Waals surface area contributed by atoms with Gasteiger partial charge in [0, 0.05) is 22.2 Å². The first-order valence-corrected chi connectivity index (χ1v) is 21.5. The van der Waals surface area contributed by atoms with Crippen LogP contribution in [0.1, 0.15) is 87.5 Å².